The number of hydrogen-bond acceptors (Lipinski definition) is 4. The standard InChI is InChI=1S/C19H26N2O4/c1-13(2)12-25-16-8-4-14(10-17(16)24-3)5-9-18(22)20-11-19(23)21-15-6-7-15/h4-5,8-10,13,15H,6-7,11-12H2,1-3H3,(H,20,22)(H,21,23)/b9-5+. The Bertz CT molecular complexity index is 636. The first-order valence-corrected chi connectivity index (χ1v) is 8.54. The number of rotatable bonds is 9. The largest absolute Gasteiger partial charge is 0.493 e. The van der Waals surface area contributed by atoms with Crippen LogP contribution in [0, 0.1) is 5.92 Å². The Balaban J connectivity index is 1.86. The van der Waals surface area contributed by atoms with E-state index in [2.05, 4.69) is 24.5 Å². The first kappa shape index (κ1) is 18.8. The summed E-state index contributed by atoms with van der Waals surface area (Å²) in [5, 5.41) is 5.38. The monoisotopic (exact) mass is 346 g/mol. The predicted octanol–water partition coefficient (Wildman–Crippen LogP) is 2.14. The molecule has 0 unspecified atom stereocenters. The third-order valence-electron chi connectivity index (χ3n) is 3.55. The SMILES string of the molecule is COc1cc(/C=C/C(=O)NCC(=O)NC2CC2)ccc1OCC(C)C. The fourth-order valence-electron chi connectivity index (χ4n) is 2.07. The topological polar surface area (TPSA) is 76.7 Å². The van der Waals surface area contributed by atoms with E-state index in [1.807, 2.05) is 12.1 Å². The van der Waals surface area contributed by atoms with Crippen LogP contribution in [0.5, 0.6) is 11.5 Å². The molecule has 0 spiro atoms. The summed E-state index contributed by atoms with van der Waals surface area (Å²) < 4.78 is 11.0. The molecule has 2 rings (SSSR count). The molecule has 0 radical (unpaired) electrons. The smallest absolute Gasteiger partial charge is 0.244 e. The van der Waals surface area contributed by atoms with Gasteiger partial charge in [-0.25, -0.2) is 0 Å². The van der Waals surface area contributed by atoms with Crippen molar-refractivity contribution in [3.05, 3.63) is 29.8 Å². The van der Waals surface area contributed by atoms with Gasteiger partial charge < -0.3 is 20.1 Å². The van der Waals surface area contributed by atoms with E-state index in [0.717, 1.165) is 18.4 Å². The van der Waals surface area contributed by atoms with Gasteiger partial charge in [-0.3, -0.25) is 9.59 Å². The quantitative estimate of drug-likeness (QED) is 0.672. The zero-order valence-corrected chi connectivity index (χ0v) is 15.0. The van der Waals surface area contributed by atoms with Crippen molar-refractivity contribution in [1.29, 1.82) is 0 Å². The van der Waals surface area contributed by atoms with E-state index in [1.165, 1.54) is 6.08 Å². The lowest BCUT2D eigenvalue weighted by atomic mass is 10.2. The van der Waals surface area contributed by atoms with E-state index >= 15 is 0 Å². The minimum Gasteiger partial charge on any atom is -0.493 e. The van der Waals surface area contributed by atoms with Crippen LogP contribution < -0.4 is 20.1 Å². The molecule has 1 fully saturated rings. The van der Waals surface area contributed by atoms with Crippen molar-refractivity contribution < 1.29 is 19.1 Å². The lowest BCUT2D eigenvalue weighted by Gasteiger charge is -2.12. The summed E-state index contributed by atoms with van der Waals surface area (Å²) in [6, 6.07) is 5.77. The average molecular weight is 346 g/mol. The number of amides is 2. The molecule has 0 atom stereocenters. The van der Waals surface area contributed by atoms with E-state index in [1.54, 1.807) is 19.3 Å². The molecule has 0 aliphatic heterocycles. The Kier molecular flexibility index (Phi) is 6.86. The van der Waals surface area contributed by atoms with E-state index in [9.17, 15) is 9.59 Å². The number of ether oxygens (including phenoxy) is 2. The van der Waals surface area contributed by atoms with Gasteiger partial charge in [0.1, 0.15) is 0 Å². The van der Waals surface area contributed by atoms with Gasteiger partial charge in [-0.15, -0.1) is 0 Å². The fraction of sp³-hybridized carbons (Fsp3) is 0.474. The molecule has 1 aromatic rings. The minimum absolute atomic E-state index is 0.00895. The third kappa shape index (κ3) is 6.87. The number of carbonyl (C=O) groups excluding carboxylic acids is 2. The second-order valence-corrected chi connectivity index (χ2v) is 6.51. The summed E-state index contributed by atoms with van der Waals surface area (Å²) in [5.74, 6) is 1.24. The number of carbonyl (C=O) groups is 2. The average Bonchev–Trinajstić information content (AvgIpc) is 3.40. The predicted molar refractivity (Wildman–Crippen MR) is 96.5 cm³/mol. The van der Waals surface area contributed by atoms with Crippen molar-refractivity contribution in [3.63, 3.8) is 0 Å². The van der Waals surface area contributed by atoms with E-state index < -0.39 is 0 Å². The summed E-state index contributed by atoms with van der Waals surface area (Å²) in [6.07, 6.45) is 5.12. The second kappa shape index (κ2) is 9.11. The molecular weight excluding hydrogens is 320 g/mol. The number of nitrogens with one attached hydrogen (secondary N) is 2. The minimum atomic E-state index is -0.315. The van der Waals surface area contributed by atoms with E-state index in [0.29, 0.717) is 30.1 Å². The Morgan fingerprint density at radius 3 is 2.68 bits per heavy atom. The van der Waals surface area contributed by atoms with Gasteiger partial charge in [-0.2, -0.15) is 0 Å². The first-order valence-electron chi connectivity index (χ1n) is 8.54. The molecule has 1 aromatic carbocycles. The van der Waals surface area contributed by atoms with Crippen molar-refractivity contribution >= 4 is 17.9 Å². The zero-order chi connectivity index (χ0) is 18.2. The van der Waals surface area contributed by atoms with Gasteiger partial charge in [0.2, 0.25) is 11.8 Å². The molecule has 1 aliphatic rings. The fourth-order valence-corrected chi connectivity index (χ4v) is 2.07. The van der Waals surface area contributed by atoms with Crippen LogP contribution in [0.2, 0.25) is 0 Å². The van der Waals surface area contributed by atoms with Gasteiger partial charge in [0.05, 0.1) is 20.3 Å². The molecule has 0 saturated heterocycles. The Labute approximate surface area is 148 Å². The second-order valence-electron chi connectivity index (χ2n) is 6.51. The van der Waals surface area contributed by atoms with Crippen LogP contribution >= 0.6 is 0 Å². The van der Waals surface area contributed by atoms with Gasteiger partial charge in [0, 0.05) is 12.1 Å². The first-order chi connectivity index (χ1) is 12.0. The Morgan fingerprint density at radius 1 is 1.28 bits per heavy atom. The van der Waals surface area contributed by atoms with Crippen LogP contribution in [0.4, 0.5) is 0 Å². The highest BCUT2D eigenvalue weighted by atomic mass is 16.5. The molecule has 6 heteroatoms. The summed E-state index contributed by atoms with van der Waals surface area (Å²) in [6.45, 7) is 4.75. The molecule has 0 bridgehead atoms. The lowest BCUT2D eigenvalue weighted by molar-refractivity contribution is -0.124. The Morgan fingerprint density at radius 2 is 2.04 bits per heavy atom. The van der Waals surface area contributed by atoms with Crippen LogP contribution in [0.25, 0.3) is 6.08 Å². The van der Waals surface area contributed by atoms with Gasteiger partial charge in [0.15, 0.2) is 11.5 Å². The van der Waals surface area contributed by atoms with Gasteiger partial charge in [0.25, 0.3) is 0 Å². The van der Waals surface area contributed by atoms with Crippen molar-refractivity contribution in [2.24, 2.45) is 5.92 Å². The molecule has 136 valence electrons. The molecule has 25 heavy (non-hydrogen) atoms. The van der Waals surface area contributed by atoms with Gasteiger partial charge in [-0.05, 0) is 42.5 Å². The number of methoxy groups -OCH3 is 1. The number of benzene rings is 1. The molecule has 6 nitrogen and oxygen atoms in total. The lowest BCUT2D eigenvalue weighted by Crippen LogP contribution is -2.37. The van der Waals surface area contributed by atoms with Crippen LogP contribution in [-0.2, 0) is 9.59 Å². The van der Waals surface area contributed by atoms with Crippen molar-refractivity contribution in [3.8, 4) is 11.5 Å². The summed E-state index contributed by atoms with van der Waals surface area (Å²) in [7, 11) is 1.58. The van der Waals surface area contributed by atoms with E-state index in [-0.39, 0.29) is 18.4 Å². The number of hydrogen-bond donors (Lipinski definition) is 2. The summed E-state index contributed by atoms with van der Waals surface area (Å²) in [5.41, 5.74) is 0.811. The molecule has 2 N–H and O–H groups in total. The van der Waals surface area contributed by atoms with Gasteiger partial charge in [-0.1, -0.05) is 19.9 Å². The molecular formula is C19H26N2O4. The normalized spacial score (nSPS) is 13.8. The Hall–Kier alpha value is -2.50. The van der Waals surface area contributed by atoms with E-state index in [4.69, 9.17) is 9.47 Å². The molecule has 0 aromatic heterocycles. The van der Waals surface area contributed by atoms with Crippen molar-refractivity contribution in [1.82, 2.24) is 10.6 Å². The zero-order valence-electron chi connectivity index (χ0n) is 15.0. The van der Waals surface area contributed by atoms with Crippen molar-refractivity contribution in [2.45, 2.75) is 32.7 Å². The maximum atomic E-state index is 11.8. The maximum Gasteiger partial charge on any atom is 0.244 e. The molecule has 2 amide bonds. The highest BCUT2D eigenvalue weighted by Crippen LogP contribution is 2.28. The molecule has 1 saturated carbocycles. The van der Waals surface area contributed by atoms with Crippen LogP contribution in [-0.4, -0.2) is 38.1 Å². The molecule has 0 heterocycles. The van der Waals surface area contributed by atoms with Crippen molar-refractivity contribution in [2.75, 3.05) is 20.3 Å². The van der Waals surface area contributed by atoms with Crippen LogP contribution in [0.3, 0.4) is 0 Å². The third-order valence-corrected chi connectivity index (χ3v) is 3.55. The van der Waals surface area contributed by atoms with Crippen LogP contribution in [0.1, 0.15) is 32.3 Å². The highest BCUT2D eigenvalue weighted by Gasteiger charge is 2.22. The highest BCUT2D eigenvalue weighted by molar-refractivity contribution is 5.94. The summed E-state index contributed by atoms with van der Waals surface area (Å²) >= 11 is 0. The molecule has 1 aliphatic carbocycles. The van der Waals surface area contributed by atoms with Crippen LogP contribution in [0.15, 0.2) is 24.3 Å². The maximum absolute atomic E-state index is 11.8. The van der Waals surface area contributed by atoms with Gasteiger partial charge >= 0.3 is 0 Å². The summed E-state index contributed by atoms with van der Waals surface area (Å²) in [4.78, 5) is 23.3.